The number of ether oxygens (including phenoxy) is 1. The number of benzene rings is 2. The number of likely N-dealkylation sites (N-methyl/N-ethyl adjacent to an activating group) is 1. The Balaban J connectivity index is 1.36. The quantitative estimate of drug-likeness (QED) is 0.674. The Kier molecular flexibility index (Phi) is 8.13. The Bertz CT molecular complexity index is 718. The molecule has 6 heteroatoms. The molecule has 5 nitrogen and oxygen atoms in total. The average Bonchev–Trinajstić information content (AvgIpc) is 2.71. The van der Waals surface area contributed by atoms with Crippen molar-refractivity contribution in [2.24, 2.45) is 0 Å². The van der Waals surface area contributed by atoms with Crippen LogP contribution in [0.3, 0.4) is 0 Å². The van der Waals surface area contributed by atoms with Gasteiger partial charge < -0.3 is 20.1 Å². The summed E-state index contributed by atoms with van der Waals surface area (Å²) in [5.74, 6) is 0.785. The lowest BCUT2D eigenvalue weighted by molar-refractivity contribution is 0.0505. The number of β-amino-alcohol motifs (C(OH)–C–C–N with tert-alkyl or cyclic N) is 1. The van der Waals surface area contributed by atoms with E-state index >= 15 is 0 Å². The normalized spacial score (nSPS) is 16.8. The van der Waals surface area contributed by atoms with E-state index in [0.29, 0.717) is 13.2 Å². The molecule has 0 aliphatic carbocycles. The van der Waals surface area contributed by atoms with Crippen LogP contribution in [0.2, 0.25) is 5.02 Å². The molecule has 0 amide bonds. The number of rotatable bonds is 9. The topological polar surface area (TPSA) is 48.0 Å². The molecule has 0 radical (unpaired) electrons. The number of piperazine rings is 1. The fraction of sp³-hybridized carbons (Fsp3) is 0.455. The molecule has 0 bridgehead atoms. The van der Waals surface area contributed by atoms with Gasteiger partial charge in [-0.1, -0.05) is 41.9 Å². The molecular weight excluding hydrogens is 374 g/mol. The number of aliphatic hydroxyl groups excluding tert-OH is 1. The van der Waals surface area contributed by atoms with Crippen molar-refractivity contribution in [1.29, 1.82) is 0 Å². The minimum Gasteiger partial charge on any atom is -0.491 e. The molecule has 1 fully saturated rings. The summed E-state index contributed by atoms with van der Waals surface area (Å²) in [6, 6.07) is 15.9. The molecule has 2 aromatic carbocycles. The zero-order valence-corrected chi connectivity index (χ0v) is 17.2. The molecule has 152 valence electrons. The summed E-state index contributed by atoms with van der Waals surface area (Å²) in [5.41, 5.74) is 2.27. The average molecular weight is 404 g/mol. The van der Waals surface area contributed by atoms with E-state index in [0.717, 1.165) is 55.6 Å². The summed E-state index contributed by atoms with van der Waals surface area (Å²) < 4.78 is 5.75. The van der Waals surface area contributed by atoms with Crippen LogP contribution in [-0.4, -0.2) is 67.4 Å². The van der Waals surface area contributed by atoms with Crippen LogP contribution in [0, 0.1) is 0 Å². The number of aliphatic hydroxyl groups is 1. The highest BCUT2D eigenvalue weighted by Crippen LogP contribution is 2.16. The highest BCUT2D eigenvalue weighted by atomic mass is 35.5. The van der Waals surface area contributed by atoms with Crippen LogP contribution in [0.4, 0.5) is 0 Å². The van der Waals surface area contributed by atoms with E-state index in [4.69, 9.17) is 16.3 Å². The van der Waals surface area contributed by atoms with E-state index in [9.17, 15) is 5.11 Å². The minimum absolute atomic E-state index is 0.316. The van der Waals surface area contributed by atoms with Gasteiger partial charge in [-0.25, -0.2) is 0 Å². The lowest BCUT2D eigenvalue weighted by atomic mass is 10.2. The maximum atomic E-state index is 10.2. The van der Waals surface area contributed by atoms with E-state index in [1.165, 1.54) is 5.56 Å². The molecule has 1 unspecified atom stereocenters. The van der Waals surface area contributed by atoms with Crippen LogP contribution < -0.4 is 10.1 Å². The molecule has 0 saturated carbocycles. The van der Waals surface area contributed by atoms with E-state index < -0.39 is 6.10 Å². The molecule has 0 spiro atoms. The van der Waals surface area contributed by atoms with Crippen LogP contribution in [0.15, 0.2) is 48.5 Å². The van der Waals surface area contributed by atoms with E-state index in [-0.39, 0.29) is 0 Å². The van der Waals surface area contributed by atoms with Gasteiger partial charge in [-0.2, -0.15) is 0 Å². The molecule has 1 heterocycles. The third kappa shape index (κ3) is 6.76. The van der Waals surface area contributed by atoms with Gasteiger partial charge in [0.2, 0.25) is 0 Å². The van der Waals surface area contributed by atoms with Crippen molar-refractivity contribution >= 4 is 11.6 Å². The Morgan fingerprint density at radius 2 is 1.75 bits per heavy atom. The summed E-state index contributed by atoms with van der Waals surface area (Å²) in [7, 11) is 2.13. The van der Waals surface area contributed by atoms with Crippen molar-refractivity contribution in [2.75, 3.05) is 46.4 Å². The zero-order chi connectivity index (χ0) is 19.8. The molecule has 2 aromatic rings. The van der Waals surface area contributed by atoms with Gasteiger partial charge >= 0.3 is 0 Å². The molecule has 28 heavy (non-hydrogen) atoms. The van der Waals surface area contributed by atoms with Gasteiger partial charge in [0, 0.05) is 50.8 Å². The summed E-state index contributed by atoms with van der Waals surface area (Å²) in [4.78, 5) is 4.60. The Labute approximate surface area is 172 Å². The first kappa shape index (κ1) is 21.1. The fourth-order valence-corrected chi connectivity index (χ4v) is 3.46. The first-order valence-corrected chi connectivity index (χ1v) is 10.2. The van der Waals surface area contributed by atoms with Gasteiger partial charge in [-0.3, -0.25) is 4.90 Å². The first-order valence-electron chi connectivity index (χ1n) is 9.85. The van der Waals surface area contributed by atoms with Crippen molar-refractivity contribution in [2.45, 2.75) is 19.2 Å². The van der Waals surface area contributed by atoms with Crippen molar-refractivity contribution in [1.82, 2.24) is 15.1 Å². The summed E-state index contributed by atoms with van der Waals surface area (Å²) in [6.07, 6.45) is -0.472. The minimum atomic E-state index is -0.472. The highest BCUT2D eigenvalue weighted by Gasteiger charge is 2.17. The standard InChI is InChI=1S/C22H30ClN3O2/c1-25-10-12-26(13-11-25)16-20(27)17-28-21-8-6-18(7-9-21)14-24-15-19-4-2-3-5-22(19)23/h2-9,20,24,27H,10-17H2,1H3. The van der Waals surface area contributed by atoms with Crippen LogP contribution in [0.5, 0.6) is 5.75 Å². The predicted molar refractivity (Wildman–Crippen MR) is 114 cm³/mol. The number of nitrogens with zero attached hydrogens (tertiary/aromatic N) is 2. The monoisotopic (exact) mass is 403 g/mol. The van der Waals surface area contributed by atoms with Gasteiger partial charge in [0.05, 0.1) is 0 Å². The maximum Gasteiger partial charge on any atom is 0.119 e. The zero-order valence-electron chi connectivity index (χ0n) is 16.5. The van der Waals surface area contributed by atoms with E-state index in [2.05, 4.69) is 22.2 Å². The van der Waals surface area contributed by atoms with Crippen molar-refractivity contribution in [3.8, 4) is 5.75 Å². The lowest BCUT2D eigenvalue weighted by Crippen LogP contribution is -2.47. The summed E-state index contributed by atoms with van der Waals surface area (Å²) in [5, 5.41) is 14.4. The molecule has 1 aliphatic rings. The van der Waals surface area contributed by atoms with Crippen LogP contribution in [-0.2, 0) is 13.1 Å². The number of hydrogen-bond acceptors (Lipinski definition) is 5. The highest BCUT2D eigenvalue weighted by molar-refractivity contribution is 6.31. The largest absolute Gasteiger partial charge is 0.491 e. The molecule has 0 aromatic heterocycles. The lowest BCUT2D eigenvalue weighted by Gasteiger charge is -2.33. The maximum absolute atomic E-state index is 10.2. The van der Waals surface area contributed by atoms with Crippen LogP contribution in [0.1, 0.15) is 11.1 Å². The van der Waals surface area contributed by atoms with Crippen LogP contribution >= 0.6 is 11.6 Å². The molecule has 1 saturated heterocycles. The fourth-order valence-electron chi connectivity index (χ4n) is 3.26. The van der Waals surface area contributed by atoms with Crippen molar-refractivity contribution in [3.05, 3.63) is 64.7 Å². The summed E-state index contributed by atoms with van der Waals surface area (Å²) >= 11 is 6.17. The first-order chi connectivity index (χ1) is 13.6. The second-order valence-corrected chi connectivity index (χ2v) is 7.81. The second-order valence-electron chi connectivity index (χ2n) is 7.41. The molecular formula is C22H30ClN3O2. The van der Waals surface area contributed by atoms with Gasteiger partial charge in [0.25, 0.3) is 0 Å². The Hall–Kier alpha value is -1.63. The van der Waals surface area contributed by atoms with Gasteiger partial charge in [-0.05, 0) is 36.4 Å². The molecule has 1 aliphatic heterocycles. The summed E-state index contributed by atoms with van der Waals surface area (Å²) in [6.45, 7) is 6.59. The van der Waals surface area contributed by atoms with E-state index in [1.54, 1.807) is 0 Å². The van der Waals surface area contributed by atoms with Gasteiger partial charge in [0.1, 0.15) is 18.5 Å². The number of halogens is 1. The SMILES string of the molecule is CN1CCN(CC(O)COc2ccc(CNCc3ccccc3Cl)cc2)CC1. The smallest absolute Gasteiger partial charge is 0.119 e. The molecule has 2 N–H and O–H groups in total. The number of nitrogens with one attached hydrogen (secondary N) is 1. The Morgan fingerprint density at radius 3 is 2.46 bits per heavy atom. The van der Waals surface area contributed by atoms with Gasteiger partial charge in [-0.15, -0.1) is 0 Å². The van der Waals surface area contributed by atoms with Gasteiger partial charge in [0.15, 0.2) is 0 Å². The van der Waals surface area contributed by atoms with Crippen molar-refractivity contribution in [3.63, 3.8) is 0 Å². The van der Waals surface area contributed by atoms with E-state index in [1.807, 2.05) is 48.5 Å². The van der Waals surface area contributed by atoms with Crippen LogP contribution in [0.25, 0.3) is 0 Å². The Morgan fingerprint density at radius 1 is 1.04 bits per heavy atom. The molecule has 3 rings (SSSR count). The third-order valence-corrected chi connectivity index (χ3v) is 5.40. The molecule has 1 atom stereocenters. The third-order valence-electron chi connectivity index (χ3n) is 5.03. The number of hydrogen-bond donors (Lipinski definition) is 2. The second kappa shape index (κ2) is 10.8. The van der Waals surface area contributed by atoms with Crippen molar-refractivity contribution < 1.29 is 9.84 Å². The predicted octanol–water partition coefficient (Wildman–Crippen LogP) is 2.62.